The van der Waals surface area contributed by atoms with Crippen LogP contribution in [0.1, 0.15) is 5.82 Å². The van der Waals surface area contributed by atoms with Crippen molar-refractivity contribution in [3.63, 3.8) is 0 Å². The van der Waals surface area contributed by atoms with Gasteiger partial charge in [0.05, 0.1) is 25.3 Å². The van der Waals surface area contributed by atoms with Crippen LogP contribution in [-0.4, -0.2) is 41.2 Å². The fourth-order valence-corrected chi connectivity index (χ4v) is 2.18. The zero-order chi connectivity index (χ0) is 12.4. The van der Waals surface area contributed by atoms with Gasteiger partial charge in [0.2, 0.25) is 0 Å². The van der Waals surface area contributed by atoms with Crippen LogP contribution >= 0.6 is 0 Å². The van der Waals surface area contributed by atoms with Crippen LogP contribution in [0.5, 0.6) is 0 Å². The number of hydrogen-bond acceptors (Lipinski definition) is 5. The second-order valence-corrected chi connectivity index (χ2v) is 4.43. The minimum Gasteiger partial charge on any atom is -0.383 e. The number of nitrogens with two attached hydrogens (primary N) is 1. The van der Waals surface area contributed by atoms with E-state index in [0.717, 1.165) is 49.6 Å². The molecule has 0 atom stereocenters. The summed E-state index contributed by atoms with van der Waals surface area (Å²) in [4.78, 5) is 11.2. The van der Waals surface area contributed by atoms with Gasteiger partial charge in [0, 0.05) is 18.5 Å². The number of morpholine rings is 1. The number of benzene rings is 1. The molecule has 3 rings (SSSR count). The number of nitrogen functional groups attached to an aromatic ring is 1. The molecule has 1 fully saturated rings. The normalized spacial score (nSPS) is 17.1. The van der Waals surface area contributed by atoms with Crippen LogP contribution in [0.4, 0.5) is 5.82 Å². The second kappa shape index (κ2) is 4.88. The lowest BCUT2D eigenvalue weighted by molar-refractivity contribution is 0.0331. The number of para-hydroxylation sites is 1. The molecule has 0 spiro atoms. The summed E-state index contributed by atoms with van der Waals surface area (Å²) in [6, 6.07) is 7.83. The number of hydrogen-bond donors (Lipinski definition) is 1. The quantitative estimate of drug-likeness (QED) is 0.855. The van der Waals surface area contributed by atoms with E-state index in [1.807, 2.05) is 24.3 Å². The van der Waals surface area contributed by atoms with Gasteiger partial charge in [0.25, 0.3) is 0 Å². The Bertz CT molecular complexity index is 552. The van der Waals surface area contributed by atoms with E-state index < -0.39 is 0 Å². The van der Waals surface area contributed by atoms with Gasteiger partial charge in [-0.05, 0) is 12.1 Å². The third-order valence-corrected chi connectivity index (χ3v) is 3.15. The zero-order valence-corrected chi connectivity index (χ0v) is 10.2. The van der Waals surface area contributed by atoms with Gasteiger partial charge < -0.3 is 10.5 Å². The van der Waals surface area contributed by atoms with E-state index in [-0.39, 0.29) is 0 Å². The van der Waals surface area contributed by atoms with Gasteiger partial charge in [-0.1, -0.05) is 12.1 Å². The molecular weight excluding hydrogens is 228 g/mol. The molecule has 1 aromatic heterocycles. The summed E-state index contributed by atoms with van der Waals surface area (Å²) < 4.78 is 5.32. The average molecular weight is 244 g/mol. The summed E-state index contributed by atoms with van der Waals surface area (Å²) in [5.74, 6) is 1.34. The molecule has 0 saturated carbocycles. The minimum absolute atomic E-state index is 0.559. The van der Waals surface area contributed by atoms with E-state index in [4.69, 9.17) is 10.5 Å². The van der Waals surface area contributed by atoms with Gasteiger partial charge in [0.15, 0.2) is 0 Å². The number of fused-ring (bicyclic) bond motifs is 1. The first-order valence-electron chi connectivity index (χ1n) is 6.14. The predicted molar refractivity (Wildman–Crippen MR) is 70.0 cm³/mol. The fourth-order valence-electron chi connectivity index (χ4n) is 2.18. The highest BCUT2D eigenvalue weighted by Crippen LogP contribution is 2.17. The van der Waals surface area contributed by atoms with E-state index in [0.29, 0.717) is 5.82 Å². The van der Waals surface area contributed by atoms with Crippen molar-refractivity contribution in [1.82, 2.24) is 14.9 Å². The lowest BCUT2D eigenvalue weighted by Gasteiger charge is -2.25. The zero-order valence-electron chi connectivity index (χ0n) is 10.2. The minimum atomic E-state index is 0.559. The molecule has 0 amide bonds. The number of anilines is 1. The summed E-state index contributed by atoms with van der Waals surface area (Å²) in [7, 11) is 0. The Morgan fingerprint density at radius 2 is 1.94 bits per heavy atom. The van der Waals surface area contributed by atoms with Crippen molar-refractivity contribution in [3.8, 4) is 0 Å². The SMILES string of the molecule is Nc1nc(CN2CCOCC2)nc2ccccc12. The van der Waals surface area contributed by atoms with E-state index >= 15 is 0 Å². The molecule has 18 heavy (non-hydrogen) atoms. The maximum atomic E-state index is 5.97. The van der Waals surface area contributed by atoms with Gasteiger partial charge in [-0.15, -0.1) is 0 Å². The monoisotopic (exact) mass is 244 g/mol. The summed E-state index contributed by atoms with van der Waals surface area (Å²) >= 11 is 0. The van der Waals surface area contributed by atoms with Crippen molar-refractivity contribution < 1.29 is 4.74 Å². The maximum Gasteiger partial charge on any atom is 0.145 e. The van der Waals surface area contributed by atoms with Gasteiger partial charge >= 0.3 is 0 Å². The van der Waals surface area contributed by atoms with Crippen molar-refractivity contribution in [3.05, 3.63) is 30.1 Å². The second-order valence-electron chi connectivity index (χ2n) is 4.43. The molecule has 5 heteroatoms. The van der Waals surface area contributed by atoms with Crippen molar-refractivity contribution >= 4 is 16.7 Å². The molecule has 5 nitrogen and oxygen atoms in total. The molecule has 2 heterocycles. The molecular formula is C13H16N4O. The van der Waals surface area contributed by atoms with Crippen LogP contribution in [0.3, 0.4) is 0 Å². The van der Waals surface area contributed by atoms with Crippen LogP contribution < -0.4 is 5.73 Å². The summed E-state index contributed by atoms with van der Waals surface area (Å²) in [5.41, 5.74) is 6.88. The lowest BCUT2D eigenvalue weighted by atomic mass is 10.2. The Morgan fingerprint density at radius 3 is 2.78 bits per heavy atom. The first-order valence-corrected chi connectivity index (χ1v) is 6.14. The molecule has 0 aliphatic carbocycles. The molecule has 1 saturated heterocycles. The molecule has 94 valence electrons. The Balaban J connectivity index is 1.87. The van der Waals surface area contributed by atoms with Crippen LogP contribution in [0, 0.1) is 0 Å². The first-order chi connectivity index (χ1) is 8.83. The van der Waals surface area contributed by atoms with Crippen LogP contribution in [0.25, 0.3) is 10.9 Å². The fraction of sp³-hybridized carbons (Fsp3) is 0.385. The Kier molecular flexibility index (Phi) is 3.08. The Morgan fingerprint density at radius 1 is 1.17 bits per heavy atom. The van der Waals surface area contributed by atoms with Crippen LogP contribution in [0.15, 0.2) is 24.3 Å². The molecule has 0 bridgehead atoms. The summed E-state index contributed by atoms with van der Waals surface area (Å²) in [6.07, 6.45) is 0. The average Bonchev–Trinajstić information content (AvgIpc) is 2.40. The lowest BCUT2D eigenvalue weighted by Crippen LogP contribution is -2.36. The van der Waals surface area contributed by atoms with Crippen LogP contribution in [0.2, 0.25) is 0 Å². The van der Waals surface area contributed by atoms with Crippen molar-refractivity contribution in [1.29, 1.82) is 0 Å². The predicted octanol–water partition coefficient (Wildman–Crippen LogP) is 1.04. The smallest absolute Gasteiger partial charge is 0.145 e. The molecule has 2 aromatic rings. The first kappa shape index (κ1) is 11.4. The van der Waals surface area contributed by atoms with Crippen LogP contribution in [-0.2, 0) is 11.3 Å². The van der Waals surface area contributed by atoms with Crippen molar-refractivity contribution in [2.45, 2.75) is 6.54 Å². The highest BCUT2D eigenvalue weighted by atomic mass is 16.5. The third kappa shape index (κ3) is 2.27. The van der Waals surface area contributed by atoms with E-state index in [9.17, 15) is 0 Å². The summed E-state index contributed by atoms with van der Waals surface area (Å²) in [5, 5.41) is 0.920. The molecule has 1 aromatic carbocycles. The van der Waals surface area contributed by atoms with Gasteiger partial charge in [0.1, 0.15) is 11.6 Å². The van der Waals surface area contributed by atoms with E-state index in [1.54, 1.807) is 0 Å². The van der Waals surface area contributed by atoms with Crippen molar-refractivity contribution in [2.75, 3.05) is 32.0 Å². The molecule has 2 N–H and O–H groups in total. The highest BCUT2D eigenvalue weighted by molar-refractivity contribution is 5.87. The molecule has 1 aliphatic heterocycles. The van der Waals surface area contributed by atoms with Gasteiger partial charge in [-0.25, -0.2) is 9.97 Å². The van der Waals surface area contributed by atoms with Gasteiger partial charge in [-0.3, -0.25) is 4.90 Å². The summed E-state index contributed by atoms with van der Waals surface area (Å²) in [6.45, 7) is 4.15. The molecule has 0 unspecified atom stereocenters. The standard InChI is InChI=1S/C13H16N4O/c14-13-10-3-1-2-4-11(10)15-12(16-13)9-17-5-7-18-8-6-17/h1-4H,5-9H2,(H2,14,15,16). The Hall–Kier alpha value is -1.72. The number of ether oxygens (including phenoxy) is 1. The van der Waals surface area contributed by atoms with E-state index in [1.165, 1.54) is 0 Å². The van der Waals surface area contributed by atoms with E-state index in [2.05, 4.69) is 14.9 Å². The number of rotatable bonds is 2. The third-order valence-electron chi connectivity index (χ3n) is 3.15. The largest absolute Gasteiger partial charge is 0.383 e. The number of nitrogens with zero attached hydrogens (tertiary/aromatic N) is 3. The molecule has 1 aliphatic rings. The highest BCUT2D eigenvalue weighted by Gasteiger charge is 2.13. The van der Waals surface area contributed by atoms with Gasteiger partial charge in [-0.2, -0.15) is 0 Å². The number of aromatic nitrogens is 2. The molecule has 0 radical (unpaired) electrons. The Labute approximate surface area is 106 Å². The van der Waals surface area contributed by atoms with Crippen molar-refractivity contribution in [2.24, 2.45) is 0 Å². The maximum absolute atomic E-state index is 5.97. The topological polar surface area (TPSA) is 64.3 Å².